The number of nitrogens with zero attached hydrogens (tertiary/aromatic N) is 1. The van der Waals surface area contributed by atoms with E-state index in [1.165, 1.54) is 6.07 Å². The molecule has 194 valence electrons. The molecule has 0 spiro atoms. The van der Waals surface area contributed by atoms with Crippen LogP contribution in [0.1, 0.15) is 36.6 Å². The molecule has 3 N–H and O–H groups in total. The Labute approximate surface area is 218 Å². The number of sulfone groups is 1. The van der Waals surface area contributed by atoms with Gasteiger partial charge in [-0.2, -0.15) is 8.78 Å². The third kappa shape index (κ3) is 5.63. The summed E-state index contributed by atoms with van der Waals surface area (Å²) in [5.74, 6) is 0.938. The molecule has 1 aliphatic carbocycles. The fourth-order valence-electron chi connectivity index (χ4n) is 4.54. The van der Waals surface area contributed by atoms with Crippen molar-refractivity contribution in [2.45, 2.75) is 36.7 Å². The van der Waals surface area contributed by atoms with E-state index in [1.807, 2.05) is 12.1 Å². The molecule has 1 saturated carbocycles. The van der Waals surface area contributed by atoms with Crippen LogP contribution in [0.25, 0.3) is 22.2 Å². The Kier molecular flexibility index (Phi) is 7.20. The predicted octanol–water partition coefficient (Wildman–Crippen LogP) is 6.15. The number of aromatic amines is 1. The summed E-state index contributed by atoms with van der Waals surface area (Å²) in [6, 6.07) is 16.8. The van der Waals surface area contributed by atoms with Crippen molar-refractivity contribution < 1.29 is 21.9 Å². The van der Waals surface area contributed by atoms with E-state index in [9.17, 15) is 17.2 Å². The summed E-state index contributed by atoms with van der Waals surface area (Å²) >= 11 is 6.55. The molecule has 1 unspecified atom stereocenters. The number of halogens is 3. The van der Waals surface area contributed by atoms with Crippen LogP contribution in [0.3, 0.4) is 0 Å². The zero-order valence-electron chi connectivity index (χ0n) is 19.8. The minimum atomic E-state index is -3.30. The highest BCUT2D eigenvalue weighted by Crippen LogP contribution is 2.38. The second kappa shape index (κ2) is 10.4. The van der Waals surface area contributed by atoms with Crippen molar-refractivity contribution in [2.24, 2.45) is 11.7 Å². The third-order valence-corrected chi connectivity index (χ3v) is 8.77. The van der Waals surface area contributed by atoms with Gasteiger partial charge in [-0.3, -0.25) is 0 Å². The van der Waals surface area contributed by atoms with E-state index in [2.05, 4.69) is 9.72 Å². The van der Waals surface area contributed by atoms with Crippen LogP contribution in [0.15, 0.2) is 65.6 Å². The average molecular weight is 546 g/mol. The maximum absolute atomic E-state index is 12.9. The second-order valence-corrected chi connectivity index (χ2v) is 11.7. The molecule has 4 aromatic rings. The Hall–Kier alpha value is -3.01. The van der Waals surface area contributed by atoms with Crippen molar-refractivity contribution in [3.05, 3.63) is 77.1 Å². The first-order valence-corrected chi connectivity index (χ1v) is 14.0. The van der Waals surface area contributed by atoms with Crippen LogP contribution in [-0.4, -0.2) is 37.3 Å². The molecule has 5 rings (SSSR count). The number of fused-ring (bicyclic) bond motifs is 1. The standard InChI is InChI=1S/C27H26ClF2N3O3S/c28-22-14-24-23(13-21(22)20-3-1-2-4-25(20)36-27(29)30)32-26(33-24)19(11-12-31)17-7-9-18(10-8-17)37(34,35)15-16-5-6-16/h1-4,7-10,13-14,16,19,27H,5-6,11-12,15,31H2,(H,32,33). The first-order valence-electron chi connectivity index (χ1n) is 12.0. The maximum atomic E-state index is 12.9. The quantitative estimate of drug-likeness (QED) is 0.249. The number of hydrogen-bond donors (Lipinski definition) is 2. The fraction of sp³-hybridized carbons (Fsp3) is 0.296. The van der Waals surface area contributed by atoms with Crippen molar-refractivity contribution in [3.8, 4) is 16.9 Å². The fourth-order valence-corrected chi connectivity index (χ4v) is 6.50. The maximum Gasteiger partial charge on any atom is 0.387 e. The van der Waals surface area contributed by atoms with Crippen LogP contribution < -0.4 is 10.5 Å². The summed E-state index contributed by atoms with van der Waals surface area (Å²) in [5, 5.41) is 0.355. The summed E-state index contributed by atoms with van der Waals surface area (Å²) in [7, 11) is -3.30. The van der Waals surface area contributed by atoms with E-state index < -0.39 is 16.4 Å². The molecule has 1 aromatic heterocycles. The van der Waals surface area contributed by atoms with Crippen molar-refractivity contribution >= 4 is 32.5 Å². The monoisotopic (exact) mass is 545 g/mol. The number of H-pyrrole nitrogens is 1. The first-order chi connectivity index (χ1) is 17.7. The molecular formula is C27H26ClF2N3O3S. The Morgan fingerprint density at radius 1 is 1.08 bits per heavy atom. The molecule has 0 bridgehead atoms. The molecule has 0 saturated heterocycles. The van der Waals surface area contributed by atoms with Gasteiger partial charge in [-0.25, -0.2) is 13.4 Å². The largest absolute Gasteiger partial charge is 0.434 e. The number of aromatic nitrogens is 2. The Bertz CT molecular complexity index is 1520. The zero-order valence-corrected chi connectivity index (χ0v) is 21.4. The van der Waals surface area contributed by atoms with Crippen molar-refractivity contribution in [1.29, 1.82) is 0 Å². The van der Waals surface area contributed by atoms with Crippen LogP contribution >= 0.6 is 11.6 Å². The van der Waals surface area contributed by atoms with Gasteiger partial charge in [0.05, 0.1) is 26.7 Å². The molecule has 37 heavy (non-hydrogen) atoms. The van der Waals surface area contributed by atoms with Gasteiger partial charge < -0.3 is 15.5 Å². The van der Waals surface area contributed by atoms with E-state index in [-0.39, 0.29) is 23.3 Å². The molecule has 1 fully saturated rings. The van der Waals surface area contributed by atoms with Crippen LogP contribution in [0.2, 0.25) is 5.02 Å². The number of ether oxygens (including phenoxy) is 1. The van der Waals surface area contributed by atoms with Gasteiger partial charge in [0.1, 0.15) is 11.6 Å². The smallest absolute Gasteiger partial charge is 0.387 e. The van der Waals surface area contributed by atoms with Crippen LogP contribution in [0.5, 0.6) is 5.75 Å². The topological polar surface area (TPSA) is 98.1 Å². The van der Waals surface area contributed by atoms with Gasteiger partial charge in [-0.15, -0.1) is 0 Å². The first kappa shape index (κ1) is 25.6. The molecule has 1 heterocycles. The lowest BCUT2D eigenvalue weighted by molar-refractivity contribution is -0.0494. The normalized spacial score (nSPS) is 14.8. The lowest BCUT2D eigenvalue weighted by Crippen LogP contribution is -2.11. The second-order valence-electron chi connectivity index (χ2n) is 9.27. The Morgan fingerprint density at radius 2 is 1.81 bits per heavy atom. The van der Waals surface area contributed by atoms with Crippen LogP contribution in [0.4, 0.5) is 8.78 Å². The predicted molar refractivity (Wildman–Crippen MR) is 140 cm³/mol. The average Bonchev–Trinajstić information content (AvgIpc) is 3.57. The molecule has 0 radical (unpaired) electrons. The number of alkyl halides is 2. The number of rotatable bonds is 10. The minimum absolute atomic E-state index is 0.0206. The van der Waals surface area contributed by atoms with Gasteiger partial charge in [-0.05, 0) is 67.6 Å². The molecular weight excluding hydrogens is 520 g/mol. The number of para-hydroxylation sites is 1. The van der Waals surface area contributed by atoms with Gasteiger partial charge >= 0.3 is 6.61 Å². The van der Waals surface area contributed by atoms with Crippen LogP contribution in [0, 0.1) is 5.92 Å². The lowest BCUT2D eigenvalue weighted by atomic mass is 9.95. The lowest BCUT2D eigenvalue weighted by Gasteiger charge is -2.15. The molecule has 6 nitrogen and oxygen atoms in total. The summed E-state index contributed by atoms with van der Waals surface area (Å²) in [5.41, 5.74) is 9.03. The Morgan fingerprint density at radius 3 is 2.49 bits per heavy atom. The summed E-state index contributed by atoms with van der Waals surface area (Å²) in [6.45, 7) is -2.57. The molecule has 10 heteroatoms. The summed E-state index contributed by atoms with van der Waals surface area (Å²) in [4.78, 5) is 8.39. The third-order valence-electron chi connectivity index (χ3n) is 6.56. The zero-order chi connectivity index (χ0) is 26.2. The van der Waals surface area contributed by atoms with E-state index in [0.717, 1.165) is 18.4 Å². The van der Waals surface area contributed by atoms with Crippen molar-refractivity contribution in [2.75, 3.05) is 12.3 Å². The summed E-state index contributed by atoms with van der Waals surface area (Å²) in [6.07, 6.45) is 2.52. The highest BCUT2D eigenvalue weighted by molar-refractivity contribution is 7.91. The molecule has 0 aliphatic heterocycles. The number of nitrogens with two attached hydrogens (primary N) is 1. The van der Waals surface area contributed by atoms with E-state index in [4.69, 9.17) is 22.3 Å². The summed E-state index contributed by atoms with van der Waals surface area (Å²) < 4.78 is 55.8. The molecule has 0 amide bonds. The molecule has 1 aliphatic rings. The number of hydrogen-bond acceptors (Lipinski definition) is 5. The number of nitrogens with one attached hydrogen (secondary N) is 1. The van der Waals surface area contributed by atoms with Crippen molar-refractivity contribution in [3.63, 3.8) is 0 Å². The van der Waals surface area contributed by atoms with E-state index in [0.29, 0.717) is 50.9 Å². The Balaban J connectivity index is 1.49. The number of benzene rings is 3. The highest BCUT2D eigenvalue weighted by atomic mass is 35.5. The van der Waals surface area contributed by atoms with Gasteiger partial charge in [0.15, 0.2) is 9.84 Å². The number of imidazole rings is 1. The van der Waals surface area contributed by atoms with Gasteiger partial charge in [0.2, 0.25) is 0 Å². The van der Waals surface area contributed by atoms with Gasteiger partial charge in [0, 0.05) is 17.0 Å². The highest BCUT2D eigenvalue weighted by Gasteiger charge is 2.29. The van der Waals surface area contributed by atoms with Crippen molar-refractivity contribution in [1.82, 2.24) is 9.97 Å². The van der Waals surface area contributed by atoms with E-state index >= 15 is 0 Å². The van der Waals surface area contributed by atoms with Crippen LogP contribution in [-0.2, 0) is 9.84 Å². The molecule has 3 aromatic carbocycles. The molecule has 1 atom stereocenters. The van der Waals surface area contributed by atoms with E-state index in [1.54, 1.807) is 42.5 Å². The minimum Gasteiger partial charge on any atom is -0.434 e. The van der Waals surface area contributed by atoms with Gasteiger partial charge in [0.25, 0.3) is 0 Å². The van der Waals surface area contributed by atoms with Gasteiger partial charge in [-0.1, -0.05) is 41.9 Å². The SMILES string of the molecule is NCCC(c1ccc(S(=O)(=O)CC2CC2)cc1)c1nc2cc(-c3ccccc3OC(F)F)c(Cl)cc2[nH]1.